The van der Waals surface area contributed by atoms with Gasteiger partial charge in [-0.2, -0.15) is 0 Å². The second-order valence-corrected chi connectivity index (χ2v) is 4.67. The topological polar surface area (TPSA) is 35.2 Å². The van der Waals surface area contributed by atoms with E-state index in [0.717, 1.165) is 22.9 Å². The third-order valence-corrected chi connectivity index (χ3v) is 3.40. The summed E-state index contributed by atoms with van der Waals surface area (Å²) in [6.45, 7) is 0.785. The van der Waals surface area contributed by atoms with E-state index < -0.39 is 17.5 Å². The van der Waals surface area contributed by atoms with Crippen LogP contribution in [0.2, 0.25) is 0 Å². The molecule has 104 valence electrons. The largest absolute Gasteiger partial charge is 0.493 e. The van der Waals surface area contributed by atoms with Gasteiger partial charge in [0.05, 0.1) is 6.61 Å². The van der Waals surface area contributed by atoms with E-state index in [1.165, 1.54) is 0 Å². The highest BCUT2D eigenvalue weighted by Gasteiger charge is 2.19. The van der Waals surface area contributed by atoms with Crippen LogP contribution >= 0.6 is 0 Å². The number of hydrogen-bond acceptors (Lipinski definition) is 2. The molecule has 0 fully saturated rings. The summed E-state index contributed by atoms with van der Waals surface area (Å²) in [5, 5.41) is 0. The van der Waals surface area contributed by atoms with E-state index in [1.54, 1.807) is 12.1 Å². The van der Waals surface area contributed by atoms with Crippen LogP contribution in [-0.2, 0) is 13.0 Å². The SMILES string of the molecule is NCc1cc(-c2cc(F)c(F)cc2F)cc2c1OCC2. The summed E-state index contributed by atoms with van der Waals surface area (Å²) in [5.74, 6) is -2.35. The number of hydrogen-bond donors (Lipinski definition) is 1. The van der Waals surface area contributed by atoms with E-state index in [-0.39, 0.29) is 12.1 Å². The van der Waals surface area contributed by atoms with Crippen molar-refractivity contribution in [2.24, 2.45) is 5.73 Å². The van der Waals surface area contributed by atoms with Crippen molar-refractivity contribution in [3.63, 3.8) is 0 Å². The molecule has 0 bridgehead atoms. The fourth-order valence-corrected chi connectivity index (χ4v) is 2.44. The zero-order chi connectivity index (χ0) is 14.3. The van der Waals surface area contributed by atoms with Crippen molar-refractivity contribution in [2.75, 3.05) is 6.61 Å². The van der Waals surface area contributed by atoms with Gasteiger partial charge in [0.2, 0.25) is 0 Å². The third kappa shape index (κ3) is 2.04. The van der Waals surface area contributed by atoms with Crippen LogP contribution in [0, 0.1) is 17.5 Å². The number of rotatable bonds is 2. The van der Waals surface area contributed by atoms with E-state index in [2.05, 4.69) is 0 Å². The van der Waals surface area contributed by atoms with Crippen LogP contribution in [0.1, 0.15) is 11.1 Å². The van der Waals surface area contributed by atoms with Crippen molar-refractivity contribution in [1.82, 2.24) is 0 Å². The molecule has 0 radical (unpaired) electrons. The maximum atomic E-state index is 13.8. The molecule has 0 amide bonds. The molecule has 0 aromatic heterocycles. The second-order valence-electron chi connectivity index (χ2n) is 4.67. The summed E-state index contributed by atoms with van der Waals surface area (Å²) < 4.78 is 45.6. The van der Waals surface area contributed by atoms with Gasteiger partial charge in [0, 0.05) is 30.2 Å². The summed E-state index contributed by atoms with van der Waals surface area (Å²) in [5.41, 5.74) is 7.80. The lowest BCUT2D eigenvalue weighted by atomic mass is 9.97. The lowest BCUT2D eigenvalue weighted by molar-refractivity contribution is 0.353. The highest BCUT2D eigenvalue weighted by atomic mass is 19.2. The molecule has 3 rings (SSSR count). The second kappa shape index (κ2) is 4.83. The van der Waals surface area contributed by atoms with Crippen LogP contribution in [0.5, 0.6) is 5.75 Å². The molecule has 0 aliphatic carbocycles. The summed E-state index contributed by atoms with van der Waals surface area (Å²) in [7, 11) is 0. The van der Waals surface area contributed by atoms with Crippen LogP contribution in [0.25, 0.3) is 11.1 Å². The molecule has 0 saturated heterocycles. The minimum absolute atomic E-state index is 0.0216. The molecule has 0 unspecified atom stereocenters. The Bertz CT molecular complexity index is 685. The zero-order valence-electron chi connectivity index (χ0n) is 10.6. The maximum absolute atomic E-state index is 13.8. The molecule has 1 heterocycles. The molecule has 0 spiro atoms. The summed E-state index contributed by atoms with van der Waals surface area (Å²) in [6, 6.07) is 4.80. The Kier molecular flexibility index (Phi) is 3.14. The molecular weight excluding hydrogens is 267 g/mol. The van der Waals surface area contributed by atoms with Gasteiger partial charge in [0.25, 0.3) is 0 Å². The molecule has 2 N–H and O–H groups in total. The molecule has 2 aromatic carbocycles. The van der Waals surface area contributed by atoms with Gasteiger partial charge in [-0.1, -0.05) is 0 Å². The Morgan fingerprint density at radius 2 is 1.75 bits per heavy atom. The van der Waals surface area contributed by atoms with Crippen LogP contribution in [0.3, 0.4) is 0 Å². The fraction of sp³-hybridized carbons (Fsp3) is 0.200. The van der Waals surface area contributed by atoms with Crippen molar-refractivity contribution < 1.29 is 17.9 Å². The standard InChI is InChI=1S/C15H12F3NO/c16-12-6-14(18)13(17)5-11(12)9-3-8-1-2-20-15(8)10(4-9)7-19/h3-6H,1-2,7,19H2. The van der Waals surface area contributed by atoms with Crippen LogP contribution < -0.4 is 10.5 Å². The van der Waals surface area contributed by atoms with Crippen LogP contribution in [0.4, 0.5) is 13.2 Å². The van der Waals surface area contributed by atoms with E-state index in [9.17, 15) is 13.2 Å². The first-order chi connectivity index (χ1) is 9.60. The number of nitrogens with two attached hydrogens (primary N) is 1. The highest BCUT2D eigenvalue weighted by molar-refractivity contribution is 5.68. The maximum Gasteiger partial charge on any atom is 0.161 e. The van der Waals surface area contributed by atoms with Crippen molar-refractivity contribution >= 4 is 0 Å². The highest BCUT2D eigenvalue weighted by Crippen LogP contribution is 2.35. The van der Waals surface area contributed by atoms with Gasteiger partial charge >= 0.3 is 0 Å². The minimum atomic E-state index is -1.20. The van der Waals surface area contributed by atoms with Crippen molar-refractivity contribution in [1.29, 1.82) is 0 Å². The predicted octanol–water partition coefficient (Wildman–Crippen LogP) is 3.16. The first-order valence-corrected chi connectivity index (χ1v) is 6.23. The Morgan fingerprint density at radius 1 is 1.00 bits per heavy atom. The van der Waals surface area contributed by atoms with Crippen LogP contribution in [-0.4, -0.2) is 6.61 Å². The molecule has 2 aromatic rings. The first kappa shape index (κ1) is 13.0. The first-order valence-electron chi connectivity index (χ1n) is 6.23. The average Bonchev–Trinajstić information content (AvgIpc) is 2.90. The summed E-state index contributed by atoms with van der Waals surface area (Å²) >= 11 is 0. The van der Waals surface area contributed by atoms with Gasteiger partial charge in [0.15, 0.2) is 11.6 Å². The Morgan fingerprint density at radius 3 is 2.50 bits per heavy atom. The Hall–Kier alpha value is -2.01. The van der Waals surface area contributed by atoms with Gasteiger partial charge in [-0.05, 0) is 29.3 Å². The molecule has 0 atom stereocenters. The molecule has 20 heavy (non-hydrogen) atoms. The molecule has 1 aliphatic rings. The van der Waals surface area contributed by atoms with Gasteiger partial charge in [0.1, 0.15) is 11.6 Å². The van der Waals surface area contributed by atoms with E-state index in [1.807, 2.05) is 0 Å². The third-order valence-electron chi connectivity index (χ3n) is 3.40. The number of fused-ring (bicyclic) bond motifs is 1. The monoisotopic (exact) mass is 279 g/mol. The van der Waals surface area contributed by atoms with Crippen LogP contribution in [0.15, 0.2) is 24.3 Å². The zero-order valence-corrected chi connectivity index (χ0v) is 10.6. The lowest BCUT2D eigenvalue weighted by Crippen LogP contribution is -2.00. The van der Waals surface area contributed by atoms with Gasteiger partial charge < -0.3 is 10.5 Å². The average molecular weight is 279 g/mol. The molecular formula is C15H12F3NO. The fourth-order valence-electron chi connectivity index (χ4n) is 2.44. The molecule has 0 saturated carbocycles. The molecule has 2 nitrogen and oxygen atoms in total. The number of ether oxygens (including phenoxy) is 1. The van der Waals surface area contributed by atoms with E-state index >= 15 is 0 Å². The van der Waals surface area contributed by atoms with E-state index in [0.29, 0.717) is 24.7 Å². The molecule has 1 aliphatic heterocycles. The Balaban J connectivity index is 2.18. The quantitative estimate of drug-likeness (QED) is 0.857. The van der Waals surface area contributed by atoms with Gasteiger partial charge in [-0.25, -0.2) is 13.2 Å². The van der Waals surface area contributed by atoms with Gasteiger partial charge in [-0.3, -0.25) is 0 Å². The van der Waals surface area contributed by atoms with Gasteiger partial charge in [-0.15, -0.1) is 0 Å². The smallest absolute Gasteiger partial charge is 0.161 e. The van der Waals surface area contributed by atoms with Crippen molar-refractivity contribution in [3.05, 3.63) is 52.8 Å². The number of halogens is 3. The van der Waals surface area contributed by atoms with Crippen molar-refractivity contribution in [2.45, 2.75) is 13.0 Å². The minimum Gasteiger partial charge on any atom is -0.493 e. The number of benzene rings is 2. The Labute approximate surface area is 114 Å². The predicted molar refractivity (Wildman–Crippen MR) is 68.8 cm³/mol. The summed E-state index contributed by atoms with van der Waals surface area (Å²) in [6.07, 6.45) is 0.696. The normalized spacial score (nSPS) is 13.2. The van der Waals surface area contributed by atoms with E-state index in [4.69, 9.17) is 10.5 Å². The summed E-state index contributed by atoms with van der Waals surface area (Å²) in [4.78, 5) is 0. The lowest BCUT2D eigenvalue weighted by Gasteiger charge is -2.11. The molecule has 5 heteroatoms. The van der Waals surface area contributed by atoms with Crippen molar-refractivity contribution in [3.8, 4) is 16.9 Å².